The van der Waals surface area contributed by atoms with Crippen LogP contribution in [0.4, 0.5) is 26.1 Å². The maximum Gasteiger partial charge on any atom is 0.151 e. The molecule has 100 valence electrons. The molecule has 0 atom stereocenters. The van der Waals surface area contributed by atoms with Crippen molar-refractivity contribution in [3.8, 4) is 0 Å². The molecule has 1 aromatic heterocycles. The zero-order chi connectivity index (χ0) is 14.2. The summed E-state index contributed by atoms with van der Waals surface area (Å²) in [5.74, 6) is -0.502. The van der Waals surface area contributed by atoms with E-state index in [0.29, 0.717) is 17.2 Å². The van der Waals surface area contributed by atoms with Crippen molar-refractivity contribution in [1.82, 2.24) is 9.97 Å². The third kappa shape index (κ3) is 2.73. The Morgan fingerprint density at radius 3 is 2.53 bits per heavy atom. The van der Waals surface area contributed by atoms with Gasteiger partial charge in [0, 0.05) is 11.6 Å². The minimum Gasteiger partial charge on any atom is -0.383 e. The Bertz CT molecular complexity index is 623. The number of aromatic nitrogens is 2. The van der Waals surface area contributed by atoms with Gasteiger partial charge in [-0.15, -0.1) is 0 Å². The summed E-state index contributed by atoms with van der Waals surface area (Å²) in [6.45, 7) is 3.34. The molecule has 0 saturated carbocycles. The number of anilines is 3. The van der Waals surface area contributed by atoms with E-state index in [1.54, 1.807) is 13.8 Å². The molecule has 0 amide bonds. The zero-order valence-corrected chi connectivity index (χ0v) is 11.0. The van der Waals surface area contributed by atoms with E-state index < -0.39 is 11.6 Å². The van der Waals surface area contributed by atoms with E-state index in [4.69, 9.17) is 17.3 Å². The van der Waals surface area contributed by atoms with Crippen LogP contribution in [0.5, 0.6) is 0 Å². The van der Waals surface area contributed by atoms with Crippen molar-refractivity contribution in [3.05, 3.63) is 40.2 Å². The number of nitrogen functional groups attached to an aromatic ring is 1. The van der Waals surface area contributed by atoms with E-state index in [1.807, 2.05) is 0 Å². The second kappa shape index (κ2) is 4.97. The lowest BCUT2D eigenvalue weighted by molar-refractivity contribution is 0.586. The lowest BCUT2D eigenvalue weighted by atomic mass is 10.2. The van der Waals surface area contributed by atoms with Crippen LogP contribution < -0.4 is 11.1 Å². The number of halogens is 3. The fraction of sp³-hybridized carbons (Fsp3) is 0.167. The van der Waals surface area contributed by atoms with Gasteiger partial charge in [-0.1, -0.05) is 11.6 Å². The van der Waals surface area contributed by atoms with Gasteiger partial charge in [0.1, 0.15) is 23.3 Å². The summed E-state index contributed by atoms with van der Waals surface area (Å²) in [4.78, 5) is 8.09. The highest BCUT2D eigenvalue weighted by Crippen LogP contribution is 2.30. The highest BCUT2D eigenvalue weighted by molar-refractivity contribution is 6.33. The normalized spacial score (nSPS) is 10.6. The van der Waals surface area contributed by atoms with Crippen LogP contribution in [0.15, 0.2) is 12.1 Å². The number of rotatable bonds is 2. The van der Waals surface area contributed by atoms with Crippen molar-refractivity contribution in [2.75, 3.05) is 11.1 Å². The summed E-state index contributed by atoms with van der Waals surface area (Å²) in [5.41, 5.74) is 6.21. The highest BCUT2D eigenvalue weighted by atomic mass is 35.5. The predicted octanol–water partition coefficient (Wildman–Crippen LogP) is 3.35. The molecular formula is C12H11ClF2N4. The average molecular weight is 285 g/mol. The Kier molecular flexibility index (Phi) is 3.53. The molecule has 0 saturated heterocycles. The van der Waals surface area contributed by atoms with Gasteiger partial charge in [0.2, 0.25) is 0 Å². The van der Waals surface area contributed by atoms with Crippen molar-refractivity contribution < 1.29 is 8.78 Å². The lowest BCUT2D eigenvalue weighted by Crippen LogP contribution is -2.06. The van der Waals surface area contributed by atoms with Crippen molar-refractivity contribution in [3.63, 3.8) is 0 Å². The van der Waals surface area contributed by atoms with Gasteiger partial charge in [0.25, 0.3) is 0 Å². The van der Waals surface area contributed by atoms with E-state index in [0.717, 1.165) is 12.1 Å². The summed E-state index contributed by atoms with van der Waals surface area (Å²) in [6, 6.07) is 1.75. The minimum atomic E-state index is -0.806. The van der Waals surface area contributed by atoms with Crippen molar-refractivity contribution in [2.45, 2.75) is 13.8 Å². The van der Waals surface area contributed by atoms with Crippen LogP contribution in [0.3, 0.4) is 0 Å². The van der Waals surface area contributed by atoms with Crippen LogP contribution in [0.25, 0.3) is 0 Å². The Morgan fingerprint density at radius 2 is 1.89 bits per heavy atom. The van der Waals surface area contributed by atoms with Crippen LogP contribution in [0, 0.1) is 25.5 Å². The van der Waals surface area contributed by atoms with Gasteiger partial charge in [0.05, 0.1) is 10.7 Å². The van der Waals surface area contributed by atoms with E-state index in [9.17, 15) is 8.78 Å². The monoisotopic (exact) mass is 284 g/mol. The quantitative estimate of drug-likeness (QED) is 0.888. The van der Waals surface area contributed by atoms with Gasteiger partial charge in [-0.2, -0.15) is 0 Å². The third-order valence-electron chi connectivity index (χ3n) is 2.55. The van der Waals surface area contributed by atoms with Crippen LogP contribution >= 0.6 is 11.6 Å². The van der Waals surface area contributed by atoms with Crippen molar-refractivity contribution >= 4 is 28.9 Å². The van der Waals surface area contributed by atoms with Gasteiger partial charge in [0.15, 0.2) is 5.82 Å². The largest absolute Gasteiger partial charge is 0.383 e. The second-order valence-electron chi connectivity index (χ2n) is 4.00. The van der Waals surface area contributed by atoms with E-state index >= 15 is 0 Å². The summed E-state index contributed by atoms with van der Waals surface area (Å²) in [5, 5.41) is 2.64. The molecule has 0 fully saturated rings. The van der Waals surface area contributed by atoms with Crippen LogP contribution in [0.1, 0.15) is 11.4 Å². The van der Waals surface area contributed by atoms with Gasteiger partial charge < -0.3 is 11.1 Å². The molecule has 0 spiro atoms. The molecular weight excluding hydrogens is 274 g/mol. The number of nitrogens with two attached hydrogens (primary N) is 1. The smallest absolute Gasteiger partial charge is 0.151 e. The van der Waals surface area contributed by atoms with Crippen LogP contribution in [-0.2, 0) is 0 Å². The first kappa shape index (κ1) is 13.5. The molecule has 0 aliphatic rings. The number of hydrogen-bond acceptors (Lipinski definition) is 4. The van der Waals surface area contributed by atoms with E-state index in [2.05, 4.69) is 15.3 Å². The molecule has 0 unspecified atom stereocenters. The number of nitrogens with zero attached hydrogens (tertiary/aromatic N) is 2. The maximum absolute atomic E-state index is 13.7. The van der Waals surface area contributed by atoms with Gasteiger partial charge >= 0.3 is 0 Å². The molecule has 7 heteroatoms. The second-order valence-corrected chi connectivity index (χ2v) is 4.41. The molecule has 2 rings (SSSR count). The number of aryl methyl sites for hydroxylation is 1. The Labute approximate surface area is 113 Å². The fourth-order valence-corrected chi connectivity index (χ4v) is 1.79. The molecule has 0 aliphatic heterocycles. The summed E-state index contributed by atoms with van der Waals surface area (Å²) in [7, 11) is 0. The molecule has 0 aliphatic carbocycles. The Morgan fingerprint density at radius 1 is 1.21 bits per heavy atom. The summed E-state index contributed by atoms with van der Waals surface area (Å²) in [6.07, 6.45) is 0. The van der Waals surface area contributed by atoms with Crippen LogP contribution in [0.2, 0.25) is 5.02 Å². The predicted molar refractivity (Wildman–Crippen MR) is 70.6 cm³/mol. The first-order chi connectivity index (χ1) is 8.88. The summed E-state index contributed by atoms with van der Waals surface area (Å²) >= 11 is 5.80. The molecule has 4 nitrogen and oxygen atoms in total. The SMILES string of the molecule is Cc1nc(N)c(C)c(Nc2c(F)cc(F)cc2Cl)n1. The molecule has 2 aromatic rings. The van der Waals surface area contributed by atoms with Gasteiger partial charge in [-0.05, 0) is 19.9 Å². The zero-order valence-electron chi connectivity index (χ0n) is 10.3. The van der Waals surface area contributed by atoms with E-state index in [1.165, 1.54) is 0 Å². The van der Waals surface area contributed by atoms with E-state index in [-0.39, 0.29) is 16.5 Å². The number of hydrogen-bond donors (Lipinski definition) is 2. The standard InChI is InChI=1S/C12H11ClF2N4/c1-5-11(16)17-6(2)18-12(5)19-10-8(13)3-7(14)4-9(10)15/h3-4H,1-2H3,(H3,16,17,18,19). The average Bonchev–Trinajstić information content (AvgIpc) is 2.29. The Balaban J connectivity index is 2.48. The first-order valence-corrected chi connectivity index (χ1v) is 5.78. The number of nitrogens with one attached hydrogen (secondary N) is 1. The molecule has 3 N–H and O–H groups in total. The van der Waals surface area contributed by atoms with Gasteiger partial charge in [-0.25, -0.2) is 18.7 Å². The highest BCUT2D eigenvalue weighted by Gasteiger charge is 2.13. The van der Waals surface area contributed by atoms with Crippen molar-refractivity contribution in [2.24, 2.45) is 0 Å². The first-order valence-electron chi connectivity index (χ1n) is 5.40. The van der Waals surface area contributed by atoms with Gasteiger partial charge in [-0.3, -0.25) is 0 Å². The van der Waals surface area contributed by atoms with Crippen LogP contribution in [-0.4, -0.2) is 9.97 Å². The molecule has 1 aromatic carbocycles. The fourth-order valence-electron chi connectivity index (χ4n) is 1.55. The topological polar surface area (TPSA) is 63.8 Å². The minimum absolute atomic E-state index is 0.0522. The Hall–Kier alpha value is -1.95. The molecule has 1 heterocycles. The molecule has 0 bridgehead atoms. The summed E-state index contributed by atoms with van der Waals surface area (Å²) < 4.78 is 26.6. The number of benzene rings is 1. The third-order valence-corrected chi connectivity index (χ3v) is 2.84. The maximum atomic E-state index is 13.7. The molecule has 0 radical (unpaired) electrons. The lowest BCUT2D eigenvalue weighted by Gasteiger charge is -2.12. The molecule has 19 heavy (non-hydrogen) atoms. The van der Waals surface area contributed by atoms with Crippen molar-refractivity contribution in [1.29, 1.82) is 0 Å².